The number of carbonyl (C=O) groups excluding carboxylic acids is 12. The molecule has 0 saturated heterocycles. The van der Waals surface area contributed by atoms with E-state index in [2.05, 4.69) is 68.8 Å². The molecule has 1 aromatic carbocycles. The minimum Gasteiger partial charge on any atom is -0.481 e. The fourth-order valence-corrected chi connectivity index (χ4v) is 11.5. The number of guanidine groups is 1. The summed E-state index contributed by atoms with van der Waals surface area (Å²) >= 11 is 1.22. The number of amides is 12. The molecule has 0 spiro atoms. The number of thioether (sulfide) groups is 1. The normalized spacial score (nSPS) is 15.3. The molecule has 1 aromatic rings. The number of aliphatic carboxylic acids is 4. The van der Waals surface area contributed by atoms with Gasteiger partial charge in [-0.05, 0) is 125 Å². The molecule has 0 aliphatic heterocycles. The van der Waals surface area contributed by atoms with Crippen LogP contribution in [-0.2, 0) is 83.1 Å². The molecule has 0 unspecified atom stereocenters. The summed E-state index contributed by atoms with van der Waals surface area (Å²) in [5.41, 5.74) is 28.8. The molecule has 1 rings (SSSR count). The Balaban J connectivity index is 3.76. The van der Waals surface area contributed by atoms with E-state index in [9.17, 15) is 102 Å². The largest absolute Gasteiger partial charge is 0.481 e. The van der Waals surface area contributed by atoms with Crippen LogP contribution in [0.2, 0.25) is 0 Å². The fourth-order valence-electron chi connectivity index (χ4n) is 11.1. The topological polar surface area (TPSA) is 661 Å². The number of nitrogens with one attached hydrogen (secondary N) is 12. The first-order valence-corrected chi connectivity index (χ1v) is 38.5. The molecule has 0 radical (unpaired) electrons. The summed E-state index contributed by atoms with van der Waals surface area (Å²) in [5.74, 6) is -20.8. The Labute approximate surface area is 650 Å². The van der Waals surface area contributed by atoms with Gasteiger partial charge in [0.05, 0.1) is 25.0 Å². The summed E-state index contributed by atoms with van der Waals surface area (Å²) in [6.07, 6.45) is -2.53. The van der Waals surface area contributed by atoms with Crippen LogP contribution in [0.1, 0.15) is 164 Å². The van der Waals surface area contributed by atoms with E-state index in [0.29, 0.717) is 31.4 Å². The zero-order valence-corrected chi connectivity index (χ0v) is 65.7. The zero-order valence-electron chi connectivity index (χ0n) is 64.9. The van der Waals surface area contributed by atoms with Gasteiger partial charge in [-0.3, -0.25) is 76.9 Å². The molecule has 27 N–H and O–H groups in total. The van der Waals surface area contributed by atoms with E-state index < -0.39 is 223 Å². The van der Waals surface area contributed by atoms with Crippen molar-refractivity contribution in [1.29, 1.82) is 0 Å². The van der Waals surface area contributed by atoms with Gasteiger partial charge in [0.15, 0.2) is 5.96 Å². The van der Waals surface area contributed by atoms with Crippen molar-refractivity contribution in [2.24, 2.45) is 57.3 Å². The quantitative estimate of drug-likeness (QED) is 0.0169. The first kappa shape index (κ1) is 99.2. The summed E-state index contributed by atoms with van der Waals surface area (Å²) in [7, 11) is 0. The molecule has 626 valence electrons. The number of unbranched alkanes of at least 4 members (excludes halogenated alkanes) is 2. The molecule has 39 nitrogen and oxygen atoms in total. The number of nitrogens with two attached hydrogens (primary N) is 5. The Morgan fingerprint density at radius 1 is 0.432 bits per heavy atom. The van der Waals surface area contributed by atoms with Crippen molar-refractivity contribution < 1.29 is 102 Å². The molecule has 0 aromatic heterocycles. The molecular formula is C71H120N18O21S. The van der Waals surface area contributed by atoms with Gasteiger partial charge in [-0.2, -0.15) is 11.8 Å². The second-order valence-corrected chi connectivity index (χ2v) is 29.2. The summed E-state index contributed by atoms with van der Waals surface area (Å²) in [6, 6.07) is -12.4. The number of hydrogen-bond donors (Lipinski definition) is 22. The summed E-state index contributed by atoms with van der Waals surface area (Å²) in [6.45, 7) is 14.5. The highest BCUT2D eigenvalue weighted by atomic mass is 32.2. The third-order valence-electron chi connectivity index (χ3n) is 17.6. The fraction of sp³-hybridized carbons (Fsp3) is 0.676. The van der Waals surface area contributed by atoms with Crippen molar-refractivity contribution in [1.82, 2.24) is 63.8 Å². The zero-order chi connectivity index (χ0) is 84.4. The lowest BCUT2D eigenvalue weighted by Gasteiger charge is -2.30. The van der Waals surface area contributed by atoms with Crippen LogP contribution in [-0.4, -0.2) is 243 Å². The summed E-state index contributed by atoms with van der Waals surface area (Å²) in [5, 5.41) is 80.0. The van der Waals surface area contributed by atoms with Crippen LogP contribution in [0, 0.1) is 23.7 Å². The maximum Gasteiger partial charge on any atom is 0.326 e. The number of carboxylic acids is 4. The van der Waals surface area contributed by atoms with Gasteiger partial charge in [0.2, 0.25) is 70.9 Å². The standard InChI is InChI=1S/C71H120N18O21S/c1-11-39(8)56(68(107)87-55(38(6)7)70(109)110)88-61(100)44(24-19-30-77-71(75)76)79-63(102)47(32-36(2)3)83-64(103)48(33-41-20-13-12-14-21-41)85-69(108)57(40(9)90)89-62(101)45(25-26-51(91)92)81-67(106)54(37(4)5)86-60(99)43(23-16-18-29-73)78-66(105)50(35-53(95)96)84-59(98)46(27-31-111-10)80-65(104)49(34-52(93)94)82-58(97)42(74)22-15-17-28-72/h12-14,20-21,36-40,42-50,54-57,90H,11,15-19,22-35,72-74H2,1-10H3,(H,78,105)(H,79,102)(H,80,104)(H,81,106)(H,82,97)(H,83,103)(H,84,98)(H,85,108)(H,86,99)(H,87,107)(H,88,100)(H,89,101)(H,91,92)(H,93,94)(H,95,96)(H,109,110)(H4,75,76,77)/t39-,40+,42-,43-,44-,45-,46-,47-,48-,49-,50-,54-,55-,56-,57-/m0/s1. The average molecular weight is 1590 g/mol. The number of nitrogens with zero attached hydrogens (tertiary/aromatic N) is 1. The Bertz CT molecular complexity index is 3280. The van der Waals surface area contributed by atoms with E-state index in [1.165, 1.54) is 25.6 Å². The van der Waals surface area contributed by atoms with Crippen molar-refractivity contribution in [3.63, 3.8) is 0 Å². The number of aliphatic imine (C=N–C) groups is 1. The number of carboxylic acid groups (broad SMARTS) is 4. The third-order valence-corrected chi connectivity index (χ3v) is 18.2. The maximum absolute atomic E-state index is 14.7. The molecular weight excluding hydrogens is 1470 g/mol. The maximum atomic E-state index is 14.7. The monoisotopic (exact) mass is 1590 g/mol. The highest BCUT2D eigenvalue weighted by Crippen LogP contribution is 2.17. The Morgan fingerprint density at radius 3 is 1.28 bits per heavy atom. The van der Waals surface area contributed by atoms with Crippen LogP contribution < -0.4 is 92.5 Å². The average Bonchev–Trinajstić information content (AvgIpc) is 0.849. The molecule has 0 bridgehead atoms. The van der Waals surface area contributed by atoms with E-state index in [0.717, 1.165) is 6.92 Å². The summed E-state index contributed by atoms with van der Waals surface area (Å²) in [4.78, 5) is 222. The molecule has 15 atom stereocenters. The number of carbonyl (C=O) groups is 16. The SMILES string of the molecule is CC[C@H](C)[C@H](NC(=O)[C@H](CCCN=C(N)N)NC(=O)[C@H](CC(C)C)NC(=O)[C@H](Cc1ccccc1)NC(=O)[C@@H](NC(=O)[C@H](CCC(=O)O)NC(=O)[C@@H](NC(=O)[C@H](CCCCN)NC(=O)[C@H](CC(=O)O)NC(=O)[C@H](CCSC)NC(=O)[C@H](CC(=O)O)NC(=O)[C@@H](N)CCCCN)C(C)C)[C@@H](C)O)C(=O)N[C@H](C(=O)O)C(C)C. The van der Waals surface area contributed by atoms with Gasteiger partial charge in [0.1, 0.15) is 72.5 Å². The van der Waals surface area contributed by atoms with Crippen molar-refractivity contribution in [3.05, 3.63) is 35.9 Å². The number of rotatable bonds is 56. The Kier molecular flexibility index (Phi) is 46.8. The van der Waals surface area contributed by atoms with E-state index in [-0.39, 0.29) is 88.5 Å². The molecule has 0 heterocycles. The van der Waals surface area contributed by atoms with Gasteiger partial charge in [-0.1, -0.05) is 98.6 Å². The smallest absolute Gasteiger partial charge is 0.326 e. The van der Waals surface area contributed by atoms with Gasteiger partial charge < -0.3 is 118 Å². The predicted octanol–water partition coefficient (Wildman–Crippen LogP) is -3.88. The van der Waals surface area contributed by atoms with E-state index in [1.54, 1.807) is 78.1 Å². The lowest BCUT2D eigenvalue weighted by Crippen LogP contribution is -2.63. The number of aliphatic hydroxyl groups is 1. The lowest BCUT2D eigenvalue weighted by molar-refractivity contribution is -0.144. The van der Waals surface area contributed by atoms with Crippen LogP contribution >= 0.6 is 11.8 Å². The van der Waals surface area contributed by atoms with Gasteiger partial charge in [-0.25, -0.2) is 4.79 Å². The van der Waals surface area contributed by atoms with Crippen LogP contribution in [0.5, 0.6) is 0 Å². The molecule has 0 saturated carbocycles. The summed E-state index contributed by atoms with van der Waals surface area (Å²) < 4.78 is 0. The predicted molar refractivity (Wildman–Crippen MR) is 409 cm³/mol. The Morgan fingerprint density at radius 2 is 0.820 bits per heavy atom. The Hall–Kier alpha value is -9.80. The van der Waals surface area contributed by atoms with Crippen molar-refractivity contribution >= 4 is 112 Å². The third kappa shape index (κ3) is 38.6. The molecule has 0 fully saturated rings. The van der Waals surface area contributed by atoms with Crippen molar-refractivity contribution in [3.8, 4) is 0 Å². The minimum absolute atomic E-state index is 0.00301. The second-order valence-electron chi connectivity index (χ2n) is 28.2. The molecule has 40 heteroatoms. The van der Waals surface area contributed by atoms with E-state index >= 15 is 0 Å². The molecule has 12 amide bonds. The van der Waals surface area contributed by atoms with Crippen LogP contribution in [0.15, 0.2) is 35.3 Å². The number of aliphatic hydroxyl groups excluding tert-OH is 1. The second kappa shape index (κ2) is 52.4. The van der Waals surface area contributed by atoms with Crippen LogP contribution in [0.3, 0.4) is 0 Å². The molecule has 0 aliphatic rings. The minimum atomic E-state index is -1.98. The van der Waals surface area contributed by atoms with E-state index in [1.807, 2.05) is 0 Å². The van der Waals surface area contributed by atoms with Crippen LogP contribution in [0.25, 0.3) is 0 Å². The van der Waals surface area contributed by atoms with Crippen LogP contribution in [0.4, 0.5) is 0 Å². The van der Waals surface area contributed by atoms with Crippen molar-refractivity contribution in [2.45, 2.75) is 250 Å². The number of hydrogen-bond acceptors (Lipinski definition) is 22. The highest BCUT2D eigenvalue weighted by Gasteiger charge is 2.40. The van der Waals surface area contributed by atoms with Gasteiger partial charge in [-0.15, -0.1) is 0 Å². The molecule has 111 heavy (non-hydrogen) atoms. The lowest BCUT2D eigenvalue weighted by atomic mass is 9.96. The van der Waals surface area contributed by atoms with Crippen molar-refractivity contribution in [2.75, 3.05) is 31.6 Å². The first-order valence-electron chi connectivity index (χ1n) is 37.1. The van der Waals surface area contributed by atoms with E-state index in [4.69, 9.17) is 28.7 Å². The van der Waals surface area contributed by atoms with Gasteiger partial charge in [0, 0.05) is 19.4 Å². The molecule has 0 aliphatic carbocycles. The highest BCUT2D eigenvalue weighted by molar-refractivity contribution is 7.98. The number of benzene rings is 1. The van der Waals surface area contributed by atoms with Gasteiger partial charge in [0.25, 0.3) is 0 Å². The van der Waals surface area contributed by atoms with Gasteiger partial charge >= 0.3 is 23.9 Å². The first-order chi connectivity index (χ1) is 52.1.